The smallest absolute Gasteiger partial charge is 0.159 e. The first-order valence-corrected chi connectivity index (χ1v) is 9.35. The lowest BCUT2D eigenvalue weighted by Crippen LogP contribution is -2.56. The molecule has 0 aromatic heterocycles. The number of anilines is 1. The minimum Gasteiger partial charge on any atom is -0.352 e. The molecule has 2 unspecified atom stereocenters. The average molecular weight is 340 g/mol. The van der Waals surface area contributed by atoms with Crippen molar-refractivity contribution < 1.29 is 4.21 Å². The second-order valence-electron chi connectivity index (χ2n) is 6.15. The standard InChI is InChI=1S/C18H20N4OS/c1-21-17(19)14-7-3-4-8-15(14)20-18(21)22-10-11-24(23)16-9-5-2-6-13(16)12-22/h2-9,18-20H,10-12H2,1H3. The lowest BCUT2D eigenvalue weighted by Gasteiger charge is -2.43. The Bertz CT molecular complexity index is 822. The van der Waals surface area contributed by atoms with Crippen LogP contribution in [0.5, 0.6) is 0 Å². The zero-order valence-electron chi connectivity index (χ0n) is 13.5. The van der Waals surface area contributed by atoms with Crippen molar-refractivity contribution in [3.63, 3.8) is 0 Å². The topological polar surface area (TPSA) is 59.4 Å². The summed E-state index contributed by atoms with van der Waals surface area (Å²) in [6, 6.07) is 15.9. The van der Waals surface area contributed by atoms with Gasteiger partial charge in [0.15, 0.2) is 6.29 Å². The molecule has 0 spiro atoms. The maximum absolute atomic E-state index is 12.5. The Balaban J connectivity index is 1.67. The fourth-order valence-corrected chi connectivity index (χ4v) is 4.65. The number of hydrogen-bond donors (Lipinski definition) is 2. The molecule has 124 valence electrons. The highest BCUT2D eigenvalue weighted by molar-refractivity contribution is 7.85. The van der Waals surface area contributed by atoms with Gasteiger partial charge in [-0.3, -0.25) is 14.5 Å². The molecule has 0 saturated carbocycles. The van der Waals surface area contributed by atoms with E-state index in [1.54, 1.807) is 0 Å². The minimum absolute atomic E-state index is 0.115. The van der Waals surface area contributed by atoms with Crippen LogP contribution in [0.25, 0.3) is 0 Å². The Morgan fingerprint density at radius 2 is 1.92 bits per heavy atom. The zero-order chi connectivity index (χ0) is 16.7. The van der Waals surface area contributed by atoms with Crippen molar-refractivity contribution in [2.75, 3.05) is 24.7 Å². The molecule has 0 radical (unpaired) electrons. The summed E-state index contributed by atoms with van der Waals surface area (Å²) >= 11 is 0. The van der Waals surface area contributed by atoms with Crippen LogP contribution in [0.15, 0.2) is 53.4 Å². The first-order chi connectivity index (χ1) is 11.6. The first kappa shape index (κ1) is 15.4. The Morgan fingerprint density at radius 1 is 1.17 bits per heavy atom. The molecule has 2 N–H and O–H groups in total. The zero-order valence-corrected chi connectivity index (χ0v) is 14.3. The predicted molar refractivity (Wildman–Crippen MR) is 96.6 cm³/mol. The van der Waals surface area contributed by atoms with E-state index in [1.807, 2.05) is 60.5 Å². The van der Waals surface area contributed by atoms with E-state index < -0.39 is 10.8 Å². The normalized spacial score (nSPS) is 23.9. The molecule has 2 aliphatic heterocycles. The number of para-hydroxylation sites is 1. The van der Waals surface area contributed by atoms with Crippen LogP contribution in [0.1, 0.15) is 11.1 Å². The van der Waals surface area contributed by atoms with E-state index >= 15 is 0 Å². The molecular weight excluding hydrogens is 320 g/mol. The van der Waals surface area contributed by atoms with Crippen LogP contribution in [0, 0.1) is 5.41 Å². The van der Waals surface area contributed by atoms with Gasteiger partial charge < -0.3 is 10.2 Å². The summed E-state index contributed by atoms with van der Waals surface area (Å²) in [5, 5.41) is 12.0. The van der Waals surface area contributed by atoms with Crippen molar-refractivity contribution in [2.24, 2.45) is 0 Å². The van der Waals surface area contributed by atoms with Gasteiger partial charge >= 0.3 is 0 Å². The summed E-state index contributed by atoms with van der Waals surface area (Å²) in [5.74, 6) is 1.12. The molecule has 4 rings (SSSR count). The molecule has 2 aliphatic rings. The molecule has 6 heteroatoms. The van der Waals surface area contributed by atoms with E-state index in [2.05, 4.69) is 10.2 Å². The fourth-order valence-electron chi connectivity index (χ4n) is 3.37. The molecule has 2 atom stereocenters. The van der Waals surface area contributed by atoms with E-state index in [-0.39, 0.29) is 6.29 Å². The third-order valence-electron chi connectivity index (χ3n) is 4.69. The molecule has 2 heterocycles. The van der Waals surface area contributed by atoms with Crippen molar-refractivity contribution in [3.8, 4) is 0 Å². The van der Waals surface area contributed by atoms with E-state index in [0.717, 1.165) is 34.8 Å². The van der Waals surface area contributed by atoms with Crippen molar-refractivity contribution >= 4 is 22.3 Å². The van der Waals surface area contributed by atoms with Crippen molar-refractivity contribution in [2.45, 2.75) is 17.7 Å². The van der Waals surface area contributed by atoms with Crippen molar-refractivity contribution in [1.82, 2.24) is 9.80 Å². The first-order valence-electron chi connectivity index (χ1n) is 8.03. The van der Waals surface area contributed by atoms with Gasteiger partial charge in [-0.25, -0.2) is 0 Å². The number of hydrogen-bond acceptors (Lipinski definition) is 4. The Labute approximate surface area is 144 Å². The highest BCUT2D eigenvalue weighted by Gasteiger charge is 2.32. The van der Waals surface area contributed by atoms with Gasteiger partial charge in [0, 0.05) is 42.0 Å². The van der Waals surface area contributed by atoms with Crippen LogP contribution in [-0.4, -0.2) is 45.5 Å². The van der Waals surface area contributed by atoms with Gasteiger partial charge in [-0.15, -0.1) is 0 Å². The number of amidine groups is 1. The third kappa shape index (κ3) is 2.52. The summed E-state index contributed by atoms with van der Waals surface area (Å²) in [5.41, 5.74) is 2.99. The highest BCUT2D eigenvalue weighted by atomic mass is 32.2. The summed E-state index contributed by atoms with van der Waals surface area (Å²) in [7, 11) is 0.970. The number of nitrogens with one attached hydrogen (secondary N) is 2. The SMILES string of the molecule is CN1C(=N)c2ccccc2NC1N1CCS(=O)c2ccccc2C1. The molecule has 0 fully saturated rings. The van der Waals surface area contributed by atoms with Crippen LogP contribution in [0.3, 0.4) is 0 Å². The minimum atomic E-state index is -0.964. The monoisotopic (exact) mass is 340 g/mol. The predicted octanol–water partition coefficient (Wildman–Crippen LogP) is 2.28. The highest BCUT2D eigenvalue weighted by Crippen LogP contribution is 2.28. The lowest BCUT2D eigenvalue weighted by atomic mass is 10.1. The fraction of sp³-hybridized carbons (Fsp3) is 0.278. The van der Waals surface area contributed by atoms with E-state index in [1.165, 1.54) is 0 Å². The summed E-state index contributed by atoms with van der Waals surface area (Å²) < 4.78 is 12.5. The Kier molecular flexibility index (Phi) is 3.86. The summed E-state index contributed by atoms with van der Waals surface area (Å²) in [4.78, 5) is 5.14. The quantitative estimate of drug-likeness (QED) is 0.836. The molecule has 24 heavy (non-hydrogen) atoms. The van der Waals surface area contributed by atoms with Gasteiger partial charge in [0.2, 0.25) is 0 Å². The maximum Gasteiger partial charge on any atom is 0.159 e. The van der Waals surface area contributed by atoms with Crippen LogP contribution in [0.2, 0.25) is 0 Å². The molecule has 2 aromatic rings. The van der Waals surface area contributed by atoms with Gasteiger partial charge in [-0.1, -0.05) is 30.3 Å². The number of rotatable bonds is 1. The molecular formula is C18H20N4OS. The summed E-state index contributed by atoms with van der Waals surface area (Å²) in [6.07, 6.45) is -0.115. The van der Waals surface area contributed by atoms with Gasteiger partial charge in [0.05, 0.1) is 10.8 Å². The van der Waals surface area contributed by atoms with Gasteiger partial charge in [-0.2, -0.15) is 0 Å². The van der Waals surface area contributed by atoms with Crippen LogP contribution < -0.4 is 5.32 Å². The number of fused-ring (bicyclic) bond motifs is 2. The maximum atomic E-state index is 12.5. The lowest BCUT2D eigenvalue weighted by molar-refractivity contribution is 0.126. The van der Waals surface area contributed by atoms with E-state index in [9.17, 15) is 4.21 Å². The Hall–Kier alpha value is -2.18. The van der Waals surface area contributed by atoms with Crippen molar-refractivity contribution in [3.05, 3.63) is 59.7 Å². The molecule has 2 aromatic carbocycles. The Morgan fingerprint density at radius 3 is 2.79 bits per heavy atom. The van der Waals surface area contributed by atoms with Gasteiger partial charge in [0.1, 0.15) is 5.84 Å². The van der Waals surface area contributed by atoms with Crippen molar-refractivity contribution in [1.29, 1.82) is 5.41 Å². The second kappa shape index (κ2) is 6.03. The molecule has 0 aliphatic carbocycles. The largest absolute Gasteiger partial charge is 0.352 e. The van der Waals surface area contributed by atoms with Crippen LogP contribution in [0.4, 0.5) is 5.69 Å². The van der Waals surface area contributed by atoms with Crippen LogP contribution >= 0.6 is 0 Å². The third-order valence-corrected chi connectivity index (χ3v) is 6.13. The molecule has 0 bridgehead atoms. The molecule has 0 saturated heterocycles. The van der Waals surface area contributed by atoms with E-state index in [4.69, 9.17) is 5.41 Å². The van der Waals surface area contributed by atoms with Gasteiger partial charge in [-0.05, 0) is 23.8 Å². The number of benzene rings is 2. The second-order valence-corrected chi connectivity index (χ2v) is 7.69. The summed E-state index contributed by atoms with van der Waals surface area (Å²) in [6.45, 7) is 1.44. The average Bonchev–Trinajstić information content (AvgIpc) is 2.78. The van der Waals surface area contributed by atoms with Crippen LogP contribution in [-0.2, 0) is 17.3 Å². The molecule has 5 nitrogen and oxygen atoms in total. The number of nitrogens with zero attached hydrogens (tertiary/aromatic N) is 2. The molecule has 0 amide bonds. The van der Waals surface area contributed by atoms with Gasteiger partial charge in [0.25, 0.3) is 0 Å². The van der Waals surface area contributed by atoms with E-state index in [0.29, 0.717) is 11.6 Å².